The second kappa shape index (κ2) is 8.81. The van der Waals surface area contributed by atoms with Gasteiger partial charge in [-0.2, -0.15) is 5.26 Å². The summed E-state index contributed by atoms with van der Waals surface area (Å²) >= 11 is 14.1. The third-order valence-electron chi connectivity index (χ3n) is 5.30. The molecule has 1 aromatic carbocycles. The van der Waals surface area contributed by atoms with Crippen molar-refractivity contribution in [2.24, 2.45) is 0 Å². The minimum absolute atomic E-state index is 0.259. The molecule has 0 saturated heterocycles. The van der Waals surface area contributed by atoms with Gasteiger partial charge in [0.1, 0.15) is 28.1 Å². The molecule has 1 amide bonds. The number of benzene rings is 1. The minimum Gasteiger partial charge on any atom is -0.360 e. The zero-order valence-corrected chi connectivity index (χ0v) is 18.7. The summed E-state index contributed by atoms with van der Waals surface area (Å²) in [5, 5.41) is 18.1. The molecule has 30 heavy (non-hydrogen) atoms. The average molecular weight is 460 g/mol. The number of thiophene rings is 1. The summed E-state index contributed by atoms with van der Waals surface area (Å²) in [4.78, 5) is 14.4. The van der Waals surface area contributed by atoms with Gasteiger partial charge in [0.25, 0.3) is 5.91 Å². The van der Waals surface area contributed by atoms with Crippen LogP contribution in [0.2, 0.25) is 10.0 Å². The molecule has 3 aromatic rings. The minimum atomic E-state index is -0.398. The van der Waals surface area contributed by atoms with E-state index in [0.29, 0.717) is 31.9 Å². The fourth-order valence-electron chi connectivity index (χ4n) is 3.83. The molecule has 1 aliphatic rings. The number of anilines is 1. The molecule has 1 aliphatic carbocycles. The summed E-state index contributed by atoms with van der Waals surface area (Å²) in [6.45, 7) is 1.66. The van der Waals surface area contributed by atoms with Gasteiger partial charge in [-0.1, -0.05) is 47.3 Å². The number of carbonyl (C=O) groups is 1. The van der Waals surface area contributed by atoms with Gasteiger partial charge in [0.15, 0.2) is 0 Å². The number of nitrogens with one attached hydrogen (secondary N) is 1. The van der Waals surface area contributed by atoms with Gasteiger partial charge in [0.2, 0.25) is 0 Å². The highest BCUT2D eigenvalue weighted by atomic mass is 35.5. The van der Waals surface area contributed by atoms with Crippen LogP contribution in [0.25, 0.3) is 11.3 Å². The Bertz CT molecular complexity index is 1140. The maximum absolute atomic E-state index is 13.2. The normalized spacial score (nSPS) is 13.8. The van der Waals surface area contributed by atoms with Crippen molar-refractivity contribution in [1.82, 2.24) is 5.16 Å². The molecule has 0 radical (unpaired) electrons. The van der Waals surface area contributed by atoms with Crippen LogP contribution in [0, 0.1) is 18.3 Å². The first-order valence-electron chi connectivity index (χ1n) is 9.78. The Hall–Kier alpha value is -2.33. The van der Waals surface area contributed by atoms with Crippen molar-refractivity contribution in [1.29, 1.82) is 5.26 Å². The van der Waals surface area contributed by atoms with Gasteiger partial charge >= 0.3 is 0 Å². The van der Waals surface area contributed by atoms with Crippen LogP contribution >= 0.6 is 34.5 Å². The molecular formula is C22H19Cl2N3O2S. The molecule has 5 nitrogen and oxygen atoms in total. The first-order valence-corrected chi connectivity index (χ1v) is 11.3. The summed E-state index contributed by atoms with van der Waals surface area (Å²) in [7, 11) is 0. The average Bonchev–Trinajstić information content (AvgIpc) is 3.21. The van der Waals surface area contributed by atoms with Crippen LogP contribution in [0.4, 0.5) is 5.00 Å². The Balaban J connectivity index is 1.72. The van der Waals surface area contributed by atoms with Gasteiger partial charge < -0.3 is 9.84 Å². The van der Waals surface area contributed by atoms with Crippen LogP contribution in [-0.2, 0) is 12.8 Å². The van der Waals surface area contributed by atoms with E-state index >= 15 is 0 Å². The predicted octanol–water partition coefficient (Wildman–Crippen LogP) is 6.80. The first kappa shape index (κ1) is 20.9. The smallest absolute Gasteiger partial charge is 0.262 e. The van der Waals surface area contributed by atoms with Crippen LogP contribution in [0.5, 0.6) is 0 Å². The number of hydrogen-bond donors (Lipinski definition) is 1. The lowest BCUT2D eigenvalue weighted by Gasteiger charge is -2.09. The molecule has 1 N–H and O–H groups in total. The van der Waals surface area contributed by atoms with Gasteiger partial charge in [-0.25, -0.2) is 0 Å². The predicted molar refractivity (Wildman–Crippen MR) is 120 cm³/mol. The number of carbonyl (C=O) groups excluding carboxylic acids is 1. The number of nitrogens with zero attached hydrogens (tertiary/aromatic N) is 2. The van der Waals surface area contributed by atoms with Crippen molar-refractivity contribution in [2.45, 2.75) is 45.4 Å². The topological polar surface area (TPSA) is 78.9 Å². The molecule has 0 spiro atoms. The van der Waals surface area contributed by atoms with Gasteiger partial charge in [0.05, 0.1) is 15.6 Å². The van der Waals surface area contributed by atoms with Crippen molar-refractivity contribution >= 4 is 45.4 Å². The van der Waals surface area contributed by atoms with E-state index in [1.807, 2.05) is 0 Å². The lowest BCUT2D eigenvalue weighted by atomic mass is 9.97. The van der Waals surface area contributed by atoms with E-state index in [0.717, 1.165) is 31.2 Å². The Kier molecular flexibility index (Phi) is 6.14. The molecule has 0 unspecified atom stereocenters. The molecule has 8 heteroatoms. The van der Waals surface area contributed by atoms with E-state index in [2.05, 4.69) is 16.5 Å². The number of halogens is 2. The van der Waals surface area contributed by atoms with Crippen LogP contribution < -0.4 is 5.32 Å². The molecule has 2 heterocycles. The monoisotopic (exact) mass is 459 g/mol. The Morgan fingerprint density at radius 1 is 1.20 bits per heavy atom. The number of aromatic nitrogens is 1. The largest absolute Gasteiger partial charge is 0.360 e. The van der Waals surface area contributed by atoms with Crippen molar-refractivity contribution in [3.63, 3.8) is 0 Å². The molecule has 154 valence electrons. The van der Waals surface area contributed by atoms with Gasteiger partial charge in [-0.3, -0.25) is 4.79 Å². The number of amides is 1. The van der Waals surface area contributed by atoms with Crippen LogP contribution in [-0.4, -0.2) is 11.1 Å². The zero-order valence-electron chi connectivity index (χ0n) is 16.3. The Labute approximate surface area is 188 Å². The highest BCUT2D eigenvalue weighted by Gasteiger charge is 2.27. The van der Waals surface area contributed by atoms with E-state index in [1.165, 1.54) is 29.1 Å². The first-order chi connectivity index (χ1) is 14.5. The number of rotatable bonds is 3. The lowest BCUT2D eigenvalue weighted by Crippen LogP contribution is -2.13. The van der Waals surface area contributed by atoms with Crippen molar-refractivity contribution < 1.29 is 9.32 Å². The zero-order chi connectivity index (χ0) is 21.3. The molecule has 0 fully saturated rings. The standard InChI is InChI=1S/C22H19Cl2N3O2S/c1-12-18(20(27-29-12)19-15(23)8-6-9-16(19)24)21(28)26-22-14(11-25)13-7-4-2-3-5-10-17(13)30-22/h6,8-9H,2-5,7,10H2,1H3,(H,26,28). The number of aryl methyl sites for hydroxylation is 2. The number of nitriles is 1. The summed E-state index contributed by atoms with van der Waals surface area (Å²) in [5.74, 6) is -0.0441. The van der Waals surface area contributed by atoms with Gasteiger partial charge in [-0.05, 0) is 50.3 Å². The third kappa shape index (κ3) is 3.85. The molecule has 0 bridgehead atoms. The Morgan fingerprint density at radius 3 is 2.60 bits per heavy atom. The van der Waals surface area contributed by atoms with Crippen LogP contribution in [0.1, 0.15) is 57.8 Å². The molecule has 0 aliphatic heterocycles. The molecule has 0 saturated carbocycles. The van der Waals surface area contributed by atoms with Gasteiger partial charge in [0, 0.05) is 10.4 Å². The molecule has 0 atom stereocenters. The fourth-order valence-corrected chi connectivity index (χ4v) is 5.64. The highest BCUT2D eigenvalue weighted by molar-refractivity contribution is 7.16. The Morgan fingerprint density at radius 2 is 1.90 bits per heavy atom. The maximum Gasteiger partial charge on any atom is 0.262 e. The molecule has 2 aromatic heterocycles. The quantitative estimate of drug-likeness (QED) is 0.466. The molecule has 4 rings (SSSR count). The summed E-state index contributed by atoms with van der Waals surface area (Å²) in [5.41, 5.74) is 2.64. The van der Waals surface area contributed by atoms with E-state index in [9.17, 15) is 10.1 Å². The third-order valence-corrected chi connectivity index (χ3v) is 7.14. The van der Waals surface area contributed by atoms with Crippen molar-refractivity contribution in [3.8, 4) is 17.3 Å². The molecular weight excluding hydrogens is 441 g/mol. The maximum atomic E-state index is 13.2. The van der Waals surface area contributed by atoms with E-state index < -0.39 is 5.91 Å². The van der Waals surface area contributed by atoms with Gasteiger partial charge in [-0.15, -0.1) is 11.3 Å². The summed E-state index contributed by atoms with van der Waals surface area (Å²) in [6.07, 6.45) is 6.35. The summed E-state index contributed by atoms with van der Waals surface area (Å²) < 4.78 is 5.30. The second-order valence-corrected chi connectivity index (χ2v) is 9.17. The van der Waals surface area contributed by atoms with E-state index in [-0.39, 0.29) is 11.3 Å². The van der Waals surface area contributed by atoms with E-state index in [4.69, 9.17) is 27.7 Å². The second-order valence-electron chi connectivity index (χ2n) is 7.25. The van der Waals surface area contributed by atoms with Crippen LogP contribution in [0.15, 0.2) is 22.7 Å². The van der Waals surface area contributed by atoms with E-state index in [1.54, 1.807) is 25.1 Å². The summed E-state index contributed by atoms with van der Waals surface area (Å²) in [6, 6.07) is 7.38. The highest BCUT2D eigenvalue weighted by Crippen LogP contribution is 2.39. The van der Waals surface area contributed by atoms with Crippen molar-refractivity contribution in [3.05, 3.63) is 55.6 Å². The lowest BCUT2D eigenvalue weighted by molar-refractivity contribution is 0.102. The van der Waals surface area contributed by atoms with Crippen LogP contribution in [0.3, 0.4) is 0 Å². The SMILES string of the molecule is Cc1onc(-c2c(Cl)cccc2Cl)c1C(=O)Nc1sc2c(c1C#N)CCCCCC2. The fraction of sp³-hybridized carbons (Fsp3) is 0.318. The van der Waals surface area contributed by atoms with Crippen molar-refractivity contribution in [2.75, 3.05) is 5.32 Å². The number of hydrogen-bond acceptors (Lipinski definition) is 5. The number of fused-ring (bicyclic) bond motifs is 1.